The molecule has 0 spiro atoms. The molecule has 148 valence electrons. The van der Waals surface area contributed by atoms with Gasteiger partial charge in [0.2, 0.25) is 5.91 Å². The van der Waals surface area contributed by atoms with Crippen molar-refractivity contribution in [1.82, 2.24) is 9.88 Å². The SMILES string of the molecule is Cc1ccc(CC(=O)N(CCN(C)C)c2nc3c(C)c(C)ccc3s2)cc1C. The van der Waals surface area contributed by atoms with E-state index in [-0.39, 0.29) is 5.91 Å². The van der Waals surface area contributed by atoms with E-state index in [2.05, 4.69) is 62.9 Å². The normalized spacial score (nSPS) is 11.4. The molecule has 0 atom stereocenters. The van der Waals surface area contributed by atoms with Crippen LogP contribution in [0.15, 0.2) is 30.3 Å². The van der Waals surface area contributed by atoms with Crippen molar-refractivity contribution in [2.45, 2.75) is 34.1 Å². The molecule has 0 saturated heterocycles. The molecule has 0 N–H and O–H groups in total. The number of likely N-dealkylation sites (N-methyl/N-ethyl adjacent to an activating group) is 1. The first kappa shape index (κ1) is 20.5. The number of aryl methyl sites for hydroxylation is 4. The summed E-state index contributed by atoms with van der Waals surface area (Å²) in [5.41, 5.74) is 6.94. The summed E-state index contributed by atoms with van der Waals surface area (Å²) in [6.45, 7) is 9.81. The fraction of sp³-hybridized carbons (Fsp3) is 0.391. The highest BCUT2D eigenvalue weighted by atomic mass is 32.1. The molecule has 28 heavy (non-hydrogen) atoms. The number of aromatic nitrogens is 1. The molecule has 1 amide bonds. The predicted molar refractivity (Wildman–Crippen MR) is 120 cm³/mol. The summed E-state index contributed by atoms with van der Waals surface area (Å²) in [4.78, 5) is 22.0. The molecular formula is C23H29N3OS. The van der Waals surface area contributed by atoms with E-state index >= 15 is 0 Å². The minimum absolute atomic E-state index is 0.0959. The van der Waals surface area contributed by atoms with Crippen LogP contribution in [0.1, 0.15) is 27.8 Å². The monoisotopic (exact) mass is 395 g/mol. The fourth-order valence-corrected chi connectivity index (χ4v) is 4.21. The number of rotatable bonds is 6. The molecule has 1 aromatic heterocycles. The Morgan fingerprint density at radius 3 is 2.36 bits per heavy atom. The molecule has 0 aliphatic carbocycles. The maximum Gasteiger partial charge on any atom is 0.233 e. The molecule has 0 fully saturated rings. The van der Waals surface area contributed by atoms with Crippen LogP contribution in [0.25, 0.3) is 10.2 Å². The highest BCUT2D eigenvalue weighted by Crippen LogP contribution is 2.32. The zero-order valence-corrected chi connectivity index (χ0v) is 18.5. The van der Waals surface area contributed by atoms with Crippen molar-refractivity contribution in [2.75, 3.05) is 32.1 Å². The van der Waals surface area contributed by atoms with Gasteiger partial charge in [0, 0.05) is 13.1 Å². The highest BCUT2D eigenvalue weighted by Gasteiger charge is 2.21. The predicted octanol–water partition coefficient (Wildman–Crippen LogP) is 4.67. The minimum Gasteiger partial charge on any atom is -0.308 e. The average Bonchev–Trinajstić information content (AvgIpc) is 3.06. The first-order valence-electron chi connectivity index (χ1n) is 9.64. The van der Waals surface area contributed by atoms with Gasteiger partial charge < -0.3 is 4.90 Å². The highest BCUT2D eigenvalue weighted by molar-refractivity contribution is 7.22. The summed E-state index contributed by atoms with van der Waals surface area (Å²) >= 11 is 1.60. The van der Waals surface area contributed by atoms with E-state index in [1.54, 1.807) is 11.3 Å². The van der Waals surface area contributed by atoms with Gasteiger partial charge in [-0.3, -0.25) is 9.69 Å². The summed E-state index contributed by atoms with van der Waals surface area (Å²) in [5.74, 6) is 0.0959. The molecule has 5 heteroatoms. The number of amides is 1. The van der Waals surface area contributed by atoms with Crippen LogP contribution >= 0.6 is 11.3 Å². The number of anilines is 1. The molecular weight excluding hydrogens is 366 g/mol. The van der Waals surface area contributed by atoms with Gasteiger partial charge in [0.1, 0.15) is 0 Å². The van der Waals surface area contributed by atoms with Crippen molar-refractivity contribution in [3.05, 3.63) is 58.1 Å². The smallest absolute Gasteiger partial charge is 0.233 e. The molecule has 0 radical (unpaired) electrons. The molecule has 1 heterocycles. The number of hydrogen-bond donors (Lipinski definition) is 0. The third kappa shape index (κ3) is 4.42. The third-order valence-corrected chi connectivity index (χ3v) is 6.35. The maximum atomic E-state index is 13.2. The van der Waals surface area contributed by atoms with Crippen molar-refractivity contribution in [3.8, 4) is 0 Å². The lowest BCUT2D eigenvalue weighted by atomic mass is 10.0. The largest absolute Gasteiger partial charge is 0.308 e. The molecule has 3 rings (SSSR count). The molecule has 0 bridgehead atoms. The fourth-order valence-electron chi connectivity index (χ4n) is 3.14. The van der Waals surface area contributed by atoms with Crippen LogP contribution in [0.4, 0.5) is 5.13 Å². The van der Waals surface area contributed by atoms with Crippen molar-refractivity contribution >= 4 is 32.6 Å². The second-order valence-corrected chi connectivity index (χ2v) is 8.80. The lowest BCUT2D eigenvalue weighted by Crippen LogP contribution is -2.37. The van der Waals surface area contributed by atoms with Gasteiger partial charge in [0.05, 0.1) is 16.6 Å². The lowest BCUT2D eigenvalue weighted by Gasteiger charge is -2.22. The van der Waals surface area contributed by atoms with Gasteiger partial charge in [-0.05, 0) is 75.7 Å². The number of benzene rings is 2. The van der Waals surface area contributed by atoms with Crippen LogP contribution in [0.5, 0.6) is 0 Å². The van der Waals surface area contributed by atoms with Crippen LogP contribution in [0.3, 0.4) is 0 Å². The second-order valence-electron chi connectivity index (χ2n) is 7.79. The average molecular weight is 396 g/mol. The zero-order chi connectivity index (χ0) is 20.4. The van der Waals surface area contributed by atoms with E-state index in [9.17, 15) is 4.79 Å². The van der Waals surface area contributed by atoms with Crippen LogP contribution in [0.2, 0.25) is 0 Å². The van der Waals surface area contributed by atoms with Crippen molar-refractivity contribution in [1.29, 1.82) is 0 Å². The second kappa shape index (κ2) is 8.41. The summed E-state index contributed by atoms with van der Waals surface area (Å²) in [7, 11) is 4.05. The number of hydrogen-bond acceptors (Lipinski definition) is 4. The zero-order valence-electron chi connectivity index (χ0n) is 17.7. The van der Waals surface area contributed by atoms with Gasteiger partial charge in [-0.15, -0.1) is 0 Å². The quantitative estimate of drug-likeness (QED) is 0.609. The molecule has 0 aliphatic heterocycles. The van der Waals surface area contributed by atoms with Gasteiger partial charge in [0.25, 0.3) is 0 Å². The minimum atomic E-state index is 0.0959. The van der Waals surface area contributed by atoms with Crippen LogP contribution in [0, 0.1) is 27.7 Å². The number of nitrogens with zero attached hydrogens (tertiary/aromatic N) is 3. The van der Waals surface area contributed by atoms with Gasteiger partial charge in [-0.25, -0.2) is 4.98 Å². The molecule has 4 nitrogen and oxygen atoms in total. The van der Waals surface area contributed by atoms with E-state index in [1.165, 1.54) is 22.3 Å². The number of thiazole rings is 1. The van der Waals surface area contributed by atoms with Gasteiger partial charge in [-0.1, -0.05) is 35.6 Å². The number of carbonyl (C=O) groups is 1. The summed E-state index contributed by atoms with van der Waals surface area (Å²) in [6, 6.07) is 10.5. The maximum absolute atomic E-state index is 13.2. The van der Waals surface area contributed by atoms with E-state index in [4.69, 9.17) is 4.98 Å². The Morgan fingerprint density at radius 1 is 0.964 bits per heavy atom. The van der Waals surface area contributed by atoms with Gasteiger partial charge in [-0.2, -0.15) is 0 Å². The Morgan fingerprint density at radius 2 is 1.68 bits per heavy atom. The first-order valence-corrected chi connectivity index (χ1v) is 10.5. The molecule has 3 aromatic rings. The first-order chi connectivity index (χ1) is 13.3. The van der Waals surface area contributed by atoms with Crippen molar-refractivity contribution in [2.24, 2.45) is 0 Å². The summed E-state index contributed by atoms with van der Waals surface area (Å²) in [5, 5.41) is 0.791. The van der Waals surface area contributed by atoms with E-state index in [0.717, 1.165) is 27.5 Å². The third-order valence-electron chi connectivity index (χ3n) is 5.30. The summed E-state index contributed by atoms with van der Waals surface area (Å²) < 4.78 is 1.13. The van der Waals surface area contributed by atoms with E-state index in [0.29, 0.717) is 13.0 Å². The Labute approximate surface area is 171 Å². The van der Waals surface area contributed by atoms with Crippen LogP contribution in [-0.2, 0) is 11.2 Å². The number of carbonyl (C=O) groups excluding carboxylic acids is 1. The van der Waals surface area contributed by atoms with E-state index < -0.39 is 0 Å². The lowest BCUT2D eigenvalue weighted by molar-refractivity contribution is -0.118. The Balaban J connectivity index is 1.92. The Bertz CT molecular complexity index is 1010. The van der Waals surface area contributed by atoms with Gasteiger partial charge in [0.15, 0.2) is 5.13 Å². The molecule has 2 aromatic carbocycles. The molecule has 0 saturated carbocycles. The standard InChI is InChI=1S/C23H29N3OS/c1-15-7-9-19(13-17(15)3)14-21(27)26(12-11-25(5)6)23-24-22-18(4)16(2)8-10-20(22)28-23/h7-10,13H,11-12,14H2,1-6H3. The van der Waals surface area contributed by atoms with Crippen LogP contribution < -0.4 is 4.90 Å². The molecule has 0 unspecified atom stereocenters. The Kier molecular flexibility index (Phi) is 6.16. The number of fused-ring (bicyclic) bond motifs is 1. The van der Waals surface area contributed by atoms with Crippen molar-refractivity contribution in [3.63, 3.8) is 0 Å². The van der Waals surface area contributed by atoms with Crippen molar-refractivity contribution < 1.29 is 4.79 Å². The Hall–Kier alpha value is -2.24. The topological polar surface area (TPSA) is 36.4 Å². The van der Waals surface area contributed by atoms with Gasteiger partial charge >= 0.3 is 0 Å². The van der Waals surface area contributed by atoms with E-state index in [1.807, 2.05) is 19.0 Å². The summed E-state index contributed by atoms with van der Waals surface area (Å²) in [6.07, 6.45) is 0.391. The molecule has 0 aliphatic rings. The van der Waals surface area contributed by atoms with Crippen LogP contribution in [-0.4, -0.2) is 43.0 Å².